The third kappa shape index (κ3) is 3.61. The minimum atomic E-state index is -0.155. The SMILES string of the molecule is CC(C)(C)c1nc(NN)cc(NCc2ccncn2)n1. The minimum Gasteiger partial charge on any atom is -0.364 e. The zero-order valence-corrected chi connectivity index (χ0v) is 11.9. The first-order valence-electron chi connectivity index (χ1n) is 6.34. The van der Waals surface area contributed by atoms with Crippen molar-refractivity contribution in [2.45, 2.75) is 32.7 Å². The summed E-state index contributed by atoms with van der Waals surface area (Å²) in [6.07, 6.45) is 3.22. The summed E-state index contributed by atoms with van der Waals surface area (Å²) in [6.45, 7) is 6.72. The van der Waals surface area contributed by atoms with Crippen molar-refractivity contribution in [3.63, 3.8) is 0 Å². The van der Waals surface area contributed by atoms with Gasteiger partial charge in [-0.05, 0) is 6.07 Å². The molecule has 0 unspecified atom stereocenters. The van der Waals surface area contributed by atoms with Crippen molar-refractivity contribution in [3.05, 3.63) is 36.2 Å². The van der Waals surface area contributed by atoms with Gasteiger partial charge in [-0.15, -0.1) is 0 Å². The van der Waals surface area contributed by atoms with E-state index in [0.717, 1.165) is 11.5 Å². The van der Waals surface area contributed by atoms with Gasteiger partial charge in [0.25, 0.3) is 0 Å². The van der Waals surface area contributed by atoms with E-state index in [1.807, 2.05) is 6.07 Å². The Labute approximate surface area is 118 Å². The molecule has 0 aliphatic rings. The largest absolute Gasteiger partial charge is 0.364 e. The van der Waals surface area contributed by atoms with Gasteiger partial charge in [0.15, 0.2) is 0 Å². The summed E-state index contributed by atoms with van der Waals surface area (Å²) in [6, 6.07) is 3.61. The van der Waals surface area contributed by atoms with Crippen LogP contribution in [0, 0.1) is 0 Å². The van der Waals surface area contributed by atoms with Gasteiger partial charge in [-0.1, -0.05) is 20.8 Å². The first-order valence-corrected chi connectivity index (χ1v) is 6.34. The van der Waals surface area contributed by atoms with Gasteiger partial charge in [-0.25, -0.2) is 25.8 Å². The van der Waals surface area contributed by atoms with Crippen LogP contribution in [0.4, 0.5) is 11.6 Å². The number of hydrogen-bond donors (Lipinski definition) is 3. The monoisotopic (exact) mass is 273 g/mol. The Kier molecular flexibility index (Phi) is 4.09. The highest BCUT2D eigenvalue weighted by Crippen LogP contribution is 2.22. The van der Waals surface area contributed by atoms with Gasteiger partial charge in [0, 0.05) is 17.7 Å². The van der Waals surface area contributed by atoms with E-state index < -0.39 is 0 Å². The van der Waals surface area contributed by atoms with Gasteiger partial charge in [-0.2, -0.15) is 0 Å². The highest BCUT2D eigenvalue weighted by atomic mass is 15.3. The molecule has 0 aliphatic carbocycles. The van der Waals surface area contributed by atoms with E-state index in [4.69, 9.17) is 5.84 Å². The number of nitrogens with zero attached hydrogens (tertiary/aromatic N) is 4. The Hall–Kier alpha value is -2.28. The summed E-state index contributed by atoms with van der Waals surface area (Å²) in [4.78, 5) is 16.9. The summed E-state index contributed by atoms with van der Waals surface area (Å²) in [7, 11) is 0. The lowest BCUT2D eigenvalue weighted by atomic mass is 9.96. The van der Waals surface area contributed by atoms with Crippen LogP contribution in [0.15, 0.2) is 24.7 Å². The quantitative estimate of drug-likeness (QED) is 0.572. The molecule has 0 radical (unpaired) electrons. The number of rotatable bonds is 4. The maximum Gasteiger partial charge on any atom is 0.145 e. The van der Waals surface area contributed by atoms with Crippen molar-refractivity contribution >= 4 is 11.6 Å². The van der Waals surface area contributed by atoms with Gasteiger partial charge in [0.1, 0.15) is 23.8 Å². The molecule has 2 aromatic heterocycles. The summed E-state index contributed by atoms with van der Waals surface area (Å²) < 4.78 is 0. The Morgan fingerprint density at radius 1 is 1.20 bits per heavy atom. The first-order chi connectivity index (χ1) is 9.49. The average Bonchev–Trinajstić information content (AvgIpc) is 2.45. The summed E-state index contributed by atoms with van der Waals surface area (Å²) >= 11 is 0. The normalized spacial score (nSPS) is 11.2. The van der Waals surface area contributed by atoms with E-state index in [0.29, 0.717) is 18.2 Å². The molecule has 0 spiro atoms. The molecule has 20 heavy (non-hydrogen) atoms. The Morgan fingerprint density at radius 3 is 2.55 bits per heavy atom. The molecule has 2 heterocycles. The highest BCUT2D eigenvalue weighted by molar-refractivity contribution is 5.47. The maximum absolute atomic E-state index is 5.45. The molecule has 0 aromatic carbocycles. The molecule has 0 saturated carbocycles. The lowest BCUT2D eigenvalue weighted by Gasteiger charge is -2.18. The molecule has 0 fully saturated rings. The molecule has 7 heteroatoms. The molecule has 2 aromatic rings. The van der Waals surface area contributed by atoms with Gasteiger partial charge in [0.05, 0.1) is 12.2 Å². The van der Waals surface area contributed by atoms with Crippen LogP contribution < -0.4 is 16.6 Å². The molecular formula is C13H19N7. The third-order valence-corrected chi connectivity index (χ3v) is 2.64. The molecule has 0 aliphatic heterocycles. The van der Waals surface area contributed by atoms with Crippen LogP contribution in [0.5, 0.6) is 0 Å². The van der Waals surface area contributed by atoms with Crippen molar-refractivity contribution in [2.75, 3.05) is 10.7 Å². The number of nitrogens with one attached hydrogen (secondary N) is 2. The highest BCUT2D eigenvalue weighted by Gasteiger charge is 2.19. The molecular weight excluding hydrogens is 254 g/mol. The van der Waals surface area contributed by atoms with Crippen molar-refractivity contribution < 1.29 is 0 Å². The molecule has 4 N–H and O–H groups in total. The van der Waals surface area contributed by atoms with E-state index >= 15 is 0 Å². The number of nitrogens with two attached hydrogens (primary N) is 1. The smallest absolute Gasteiger partial charge is 0.145 e. The van der Waals surface area contributed by atoms with Crippen molar-refractivity contribution in [1.29, 1.82) is 0 Å². The predicted octanol–water partition coefficient (Wildman–Crippen LogP) is 1.46. The van der Waals surface area contributed by atoms with Crippen LogP contribution in [0.1, 0.15) is 32.3 Å². The summed E-state index contributed by atoms with van der Waals surface area (Å²) in [5.41, 5.74) is 3.29. The summed E-state index contributed by atoms with van der Waals surface area (Å²) in [5.74, 6) is 7.45. The van der Waals surface area contributed by atoms with Crippen LogP contribution in [0.2, 0.25) is 0 Å². The van der Waals surface area contributed by atoms with Crippen molar-refractivity contribution in [1.82, 2.24) is 19.9 Å². The number of hydrogen-bond acceptors (Lipinski definition) is 7. The fourth-order valence-corrected chi connectivity index (χ4v) is 1.55. The van der Waals surface area contributed by atoms with Crippen molar-refractivity contribution in [3.8, 4) is 0 Å². The average molecular weight is 273 g/mol. The molecule has 0 atom stereocenters. The molecule has 0 amide bonds. The van der Waals surface area contributed by atoms with Crippen LogP contribution in [-0.2, 0) is 12.0 Å². The second-order valence-electron chi connectivity index (χ2n) is 5.41. The fourth-order valence-electron chi connectivity index (χ4n) is 1.55. The van der Waals surface area contributed by atoms with Gasteiger partial charge in [0.2, 0.25) is 0 Å². The number of aromatic nitrogens is 4. The van der Waals surface area contributed by atoms with Crippen LogP contribution in [0.3, 0.4) is 0 Å². The van der Waals surface area contributed by atoms with E-state index in [2.05, 4.69) is 51.4 Å². The molecule has 7 nitrogen and oxygen atoms in total. The van der Waals surface area contributed by atoms with E-state index in [9.17, 15) is 0 Å². The number of anilines is 2. The topological polar surface area (TPSA) is 102 Å². The predicted molar refractivity (Wildman–Crippen MR) is 77.9 cm³/mol. The van der Waals surface area contributed by atoms with Gasteiger partial charge in [-0.3, -0.25) is 0 Å². The zero-order valence-electron chi connectivity index (χ0n) is 11.9. The number of hydrazine groups is 1. The fraction of sp³-hybridized carbons (Fsp3) is 0.385. The Bertz CT molecular complexity index is 563. The molecule has 0 saturated heterocycles. The van der Waals surface area contributed by atoms with E-state index in [-0.39, 0.29) is 5.41 Å². The second-order valence-corrected chi connectivity index (χ2v) is 5.41. The van der Waals surface area contributed by atoms with Crippen LogP contribution in [-0.4, -0.2) is 19.9 Å². The molecule has 106 valence electrons. The standard InChI is InChI=1S/C13H19N7/c1-13(2,3)12-18-10(6-11(19-12)20-14)16-7-9-4-5-15-8-17-9/h4-6,8H,7,14H2,1-3H3,(H2,16,18,19,20). The first kappa shape index (κ1) is 14.1. The van der Waals surface area contributed by atoms with Gasteiger partial charge < -0.3 is 10.7 Å². The van der Waals surface area contributed by atoms with Crippen molar-refractivity contribution in [2.24, 2.45) is 5.84 Å². The van der Waals surface area contributed by atoms with Crippen LogP contribution in [0.25, 0.3) is 0 Å². The zero-order chi connectivity index (χ0) is 14.6. The second kappa shape index (κ2) is 5.79. The Morgan fingerprint density at radius 2 is 1.95 bits per heavy atom. The number of nitrogen functional groups attached to an aromatic ring is 1. The van der Waals surface area contributed by atoms with Crippen LogP contribution >= 0.6 is 0 Å². The molecule has 2 rings (SSSR count). The van der Waals surface area contributed by atoms with E-state index in [1.165, 1.54) is 6.33 Å². The van der Waals surface area contributed by atoms with Gasteiger partial charge >= 0.3 is 0 Å². The summed E-state index contributed by atoms with van der Waals surface area (Å²) in [5, 5.41) is 3.21. The minimum absolute atomic E-state index is 0.155. The lowest BCUT2D eigenvalue weighted by molar-refractivity contribution is 0.546. The lowest BCUT2D eigenvalue weighted by Crippen LogP contribution is -2.20. The van der Waals surface area contributed by atoms with E-state index in [1.54, 1.807) is 12.3 Å². The molecule has 0 bridgehead atoms. The third-order valence-electron chi connectivity index (χ3n) is 2.64. The Balaban J connectivity index is 2.19. The maximum atomic E-state index is 5.45.